The molecule has 3 aliphatic rings. The van der Waals surface area contributed by atoms with Crippen molar-refractivity contribution in [1.29, 1.82) is 0 Å². The third kappa shape index (κ3) is 6.00. The summed E-state index contributed by atoms with van der Waals surface area (Å²) in [6, 6.07) is 11.3. The SMILES string of the molecule is CC1(C)CN=C(c2ccc(-c3nc(-c4ccc(C5=NCC(C)(C)O5)nc4)nc(-c4ccc(C5=NCC(C)(C)O5)nc4)n3)cn2)O1. The molecule has 0 bridgehead atoms. The maximum absolute atomic E-state index is 5.95. The van der Waals surface area contributed by atoms with Crippen molar-refractivity contribution < 1.29 is 14.2 Å². The molecular weight excluding hydrogens is 570 g/mol. The Bertz CT molecular complexity index is 1630. The molecule has 0 amide bonds. The zero-order chi connectivity index (χ0) is 31.4. The lowest BCUT2D eigenvalue weighted by Crippen LogP contribution is -2.24. The van der Waals surface area contributed by atoms with E-state index in [0.29, 0.717) is 88.6 Å². The number of aliphatic imine (C=N–C) groups is 3. The monoisotopic (exact) mass is 603 g/mol. The minimum absolute atomic E-state index is 0.347. The number of nitrogens with zero attached hydrogens (tertiary/aromatic N) is 9. The lowest BCUT2D eigenvalue weighted by molar-refractivity contribution is 0.130. The Hall–Kier alpha value is -5.13. The summed E-state index contributed by atoms with van der Waals surface area (Å²) in [5.74, 6) is 2.94. The first-order chi connectivity index (χ1) is 21.4. The van der Waals surface area contributed by atoms with E-state index in [0.717, 1.165) is 0 Å². The van der Waals surface area contributed by atoms with Crippen molar-refractivity contribution in [2.45, 2.75) is 58.3 Å². The molecule has 0 unspecified atom stereocenters. The first kappa shape index (κ1) is 28.6. The fourth-order valence-corrected chi connectivity index (χ4v) is 4.89. The van der Waals surface area contributed by atoms with Crippen LogP contribution in [0.15, 0.2) is 70.0 Å². The summed E-state index contributed by atoms with van der Waals surface area (Å²) in [5.41, 5.74) is 3.05. The summed E-state index contributed by atoms with van der Waals surface area (Å²) < 4.78 is 17.8. The number of rotatable bonds is 6. The Balaban J connectivity index is 1.23. The number of pyridine rings is 3. The van der Waals surface area contributed by atoms with Crippen LogP contribution in [0, 0.1) is 0 Å². The van der Waals surface area contributed by atoms with Gasteiger partial charge in [0.2, 0.25) is 17.7 Å². The second-order valence-electron chi connectivity index (χ2n) is 13.1. The van der Waals surface area contributed by atoms with Gasteiger partial charge in [-0.25, -0.2) is 29.9 Å². The van der Waals surface area contributed by atoms with Crippen LogP contribution in [-0.4, -0.2) is 84.0 Å². The largest absolute Gasteiger partial charge is 0.468 e. The third-order valence-corrected chi connectivity index (χ3v) is 7.29. The zero-order valence-electron chi connectivity index (χ0n) is 26.1. The summed E-state index contributed by atoms with van der Waals surface area (Å²) in [7, 11) is 0. The van der Waals surface area contributed by atoms with Gasteiger partial charge in [0.15, 0.2) is 17.5 Å². The molecule has 7 rings (SSSR count). The molecule has 4 aromatic rings. The van der Waals surface area contributed by atoms with E-state index in [-0.39, 0.29) is 16.8 Å². The lowest BCUT2D eigenvalue weighted by Gasteiger charge is -2.17. The molecule has 3 aliphatic heterocycles. The van der Waals surface area contributed by atoms with E-state index in [9.17, 15) is 0 Å². The Morgan fingerprint density at radius 1 is 0.444 bits per heavy atom. The third-order valence-electron chi connectivity index (χ3n) is 7.29. The molecule has 0 saturated heterocycles. The molecular formula is C33H33N9O3. The van der Waals surface area contributed by atoms with Crippen LogP contribution in [0.3, 0.4) is 0 Å². The highest BCUT2D eigenvalue weighted by Gasteiger charge is 2.31. The van der Waals surface area contributed by atoms with Crippen LogP contribution in [0.2, 0.25) is 0 Å². The van der Waals surface area contributed by atoms with Crippen molar-refractivity contribution in [3.8, 4) is 34.2 Å². The maximum atomic E-state index is 5.95. The van der Waals surface area contributed by atoms with Crippen molar-refractivity contribution in [2.24, 2.45) is 15.0 Å². The lowest BCUT2D eigenvalue weighted by atomic mass is 10.1. The van der Waals surface area contributed by atoms with E-state index in [1.54, 1.807) is 18.6 Å². The molecule has 0 fully saturated rings. The first-order valence-corrected chi connectivity index (χ1v) is 14.8. The van der Waals surface area contributed by atoms with Crippen LogP contribution in [-0.2, 0) is 14.2 Å². The average Bonchev–Trinajstić information content (AvgIpc) is 3.71. The molecule has 12 heteroatoms. The Morgan fingerprint density at radius 3 is 0.933 bits per heavy atom. The van der Waals surface area contributed by atoms with Gasteiger partial charge >= 0.3 is 0 Å². The van der Waals surface area contributed by atoms with Gasteiger partial charge in [-0.3, -0.25) is 15.0 Å². The van der Waals surface area contributed by atoms with Gasteiger partial charge in [-0.1, -0.05) is 0 Å². The van der Waals surface area contributed by atoms with E-state index in [1.165, 1.54) is 0 Å². The normalized spacial score (nSPS) is 19.2. The number of ether oxygens (including phenoxy) is 3. The predicted octanol–water partition coefficient (Wildman–Crippen LogP) is 4.72. The fourth-order valence-electron chi connectivity index (χ4n) is 4.89. The fraction of sp³-hybridized carbons (Fsp3) is 0.364. The van der Waals surface area contributed by atoms with E-state index < -0.39 is 0 Å². The predicted molar refractivity (Wildman–Crippen MR) is 169 cm³/mol. The minimum atomic E-state index is -0.347. The van der Waals surface area contributed by atoms with Gasteiger partial charge in [-0.2, -0.15) is 0 Å². The smallest absolute Gasteiger partial charge is 0.236 e. The Kier molecular flexibility index (Phi) is 6.68. The van der Waals surface area contributed by atoms with Gasteiger partial charge in [-0.15, -0.1) is 0 Å². The van der Waals surface area contributed by atoms with E-state index >= 15 is 0 Å². The molecule has 45 heavy (non-hydrogen) atoms. The van der Waals surface area contributed by atoms with Gasteiger partial charge < -0.3 is 14.2 Å². The standard InChI is InChI=1S/C33H33N9O3/c1-31(2)16-37-28(43-31)22-10-7-19(13-34-22)25-40-26(20-8-11-23(35-14-20)29-38-17-32(3,4)44-29)42-27(41-25)21-9-12-24(36-15-21)30-39-18-33(5,6)45-30/h7-15H,16-18H2,1-6H3. The number of hydrogen-bond acceptors (Lipinski definition) is 12. The highest BCUT2D eigenvalue weighted by molar-refractivity contribution is 5.95. The molecule has 12 nitrogen and oxygen atoms in total. The van der Waals surface area contributed by atoms with Crippen molar-refractivity contribution in [2.75, 3.05) is 19.6 Å². The highest BCUT2D eigenvalue weighted by atomic mass is 16.5. The van der Waals surface area contributed by atoms with E-state index in [4.69, 9.17) is 29.2 Å². The second-order valence-corrected chi connectivity index (χ2v) is 13.1. The van der Waals surface area contributed by atoms with Crippen LogP contribution >= 0.6 is 0 Å². The first-order valence-electron chi connectivity index (χ1n) is 14.8. The second kappa shape index (κ2) is 10.5. The van der Waals surface area contributed by atoms with Gasteiger partial charge in [-0.05, 0) is 77.9 Å². The van der Waals surface area contributed by atoms with Crippen molar-refractivity contribution >= 4 is 17.7 Å². The van der Waals surface area contributed by atoms with Gasteiger partial charge in [0, 0.05) is 35.3 Å². The zero-order valence-corrected chi connectivity index (χ0v) is 26.1. The van der Waals surface area contributed by atoms with Crippen molar-refractivity contribution in [3.63, 3.8) is 0 Å². The van der Waals surface area contributed by atoms with Crippen LogP contribution in [0.25, 0.3) is 34.2 Å². The van der Waals surface area contributed by atoms with Crippen molar-refractivity contribution in [1.82, 2.24) is 29.9 Å². The van der Waals surface area contributed by atoms with Gasteiger partial charge in [0.05, 0.1) is 19.6 Å². The van der Waals surface area contributed by atoms with E-state index in [2.05, 4.69) is 29.9 Å². The van der Waals surface area contributed by atoms with Crippen molar-refractivity contribution in [3.05, 3.63) is 72.1 Å². The minimum Gasteiger partial charge on any atom is -0.468 e. The molecule has 0 N–H and O–H groups in total. The average molecular weight is 604 g/mol. The number of aromatic nitrogens is 6. The molecule has 0 aromatic carbocycles. The van der Waals surface area contributed by atoms with Gasteiger partial charge in [0.1, 0.15) is 33.9 Å². The Labute approximate surface area is 260 Å². The summed E-state index contributed by atoms with van der Waals surface area (Å²) in [6.45, 7) is 13.7. The summed E-state index contributed by atoms with van der Waals surface area (Å²) in [4.78, 5) is 41.8. The van der Waals surface area contributed by atoms with Crippen LogP contribution in [0.5, 0.6) is 0 Å². The molecule has 4 aromatic heterocycles. The molecule has 0 saturated carbocycles. The maximum Gasteiger partial charge on any atom is 0.236 e. The summed E-state index contributed by atoms with van der Waals surface area (Å²) in [6.07, 6.45) is 5.15. The molecule has 7 heterocycles. The molecule has 228 valence electrons. The van der Waals surface area contributed by atoms with Gasteiger partial charge in [0.25, 0.3) is 0 Å². The number of hydrogen-bond donors (Lipinski definition) is 0. The summed E-state index contributed by atoms with van der Waals surface area (Å²) in [5, 5.41) is 0. The molecule has 0 aliphatic carbocycles. The van der Waals surface area contributed by atoms with E-state index in [1.807, 2.05) is 77.9 Å². The quantitative estimate of drug-likeness (QED) is 0.306. The molecule has 0 atom stereocenters. The summed E-state index contributed by atoms with van der Waals surface area (Å²) >= 11 is 0. The molecule has 0 radical (unpaired) electrons. The Morgan fingerprint density at radius 2 is 0.733 bits per heavy atom. The van der Waals surface area contributed by atoms with Crippen LogP contribution in [0.1, 0.15) is 58.6 Å². The molecule has 0 spiro atoms. The highest BCUT2D eigenvalue weighted by Crippen LogP contribution is 2.27. The van der Waals surface area contributed by atoms with Crippen LogP contribution in [0.4, 0.5) is 0 Å². The van der Waals surface area contributed by atoms with Crippen LogP contribution < -0.4 is 0 Å². The topological polar surface area (TPSA) is 142 Å².